The molecule has 0 amide bonds. The van der Waals surface area contributed by atoms with Crippen molar-refractivity contribution in [3.8, 4) is 0 Å². The van der Waals surface area contributed by atoms with Gasteiger partial charge in [-0.15, -0.1) is 0 Å². The predicted octanol–water partition coefficient (Wildman–Crippen LogP) is 5.09. The molecule has 0 atom stereocenters. The van der Waals surface area contributed by atoms with Crippen molar-refractivity contribution in [2.24, 2.45) is 0 Å². The van der Waals surface area contributed by atoms with Gasteiger partial charge in [0.2, 0.25) is 0 Å². The van der Waals surface area contributed by atoms with E-state index in [1.54, 1.807) is 4.57 Å². The van der Waals surface area contributed by atoms with Gasteiger partial charge in [0.1, 0.15) is 0 Å². The number of aromatic amines is 1. The second-order valence-electron chi connectivity index (χ2n) is 8.14. The van der Waals surface area contributed by atoms with Crippen molar-refractivity contribution in [3.63, 3.8) is 0 Å². The van der Waals surface area contributed by atoms with Gasteiger partial charge >= 0.3 is 5.69 Å². The maximum absolute atomic E-state index is 12.8. The van der Waals surface area contributed by atoms with E-state index in [0.29, 0.717) is 12.1 Å². The molecule has 1 N–H and O–H groups in total. The largest absolute Gasteiger partial charge is 0.329 e. The highest BCUT2D eigenvalue weighted by Gasteiger charge is 2.19. The number of aromatic nitrogens is 2. The first-order chi connectivity index (χ1) is 13.6. The Hall–Kier alpha value is -2.53. The maximum Gasteiger partial charge on any atom is 0.329 e. The molecule has 2 aromatic carbocycles. The van der Waals surface area contributed by atoms with Gasteiger partial charge in [-0.25, -0.2) is 4.79 Å². The first kappa shape index (κ1) is 21.2. The fourth-order valence-corrected chi connectivity index (χ4v) is 5.18. The van der Waals surface area contributed by atoms with Crippen LogP contribution in [0.2, 0.25) is 0 Å². The van der Waals surface area contributed by atoms with Crippen molar-refractivity contribution in [2.45, 2.75) is 63.9 Å². The fourth-order valence-electron chi connectivity index (χ4n) is 3.78. The fraction of sp³-hybridized carbons (Fsp3) is 0.333. The van der Waals surface area contributed by atoms with Crippen molar-refractivity contribution in [2.75, 3.05) is 0 Å². The Labute approximate surface area is 176 Å². The number of benzene rings is 2. The van der Waals surface area contributed by atoms with Gasteiger partial charge in [0.15, 0.2) is 0 Å². The molecule has 1 heterocycles. The van der Waals surface area contributed by atoms with E-state index in [2.05, 4.69) is 69.1 Å². The molecule has 0 spiro atoms. The minimum Gasteiger partial charge on any atom is -0.283 e. The van der Waals surface area contributed by atoms with E-state index in [1.807, 2.05) is 13.8 Å². The molecule has 0 aliphatic heterocycles. The van der Waals surface area contributed by atoms with Gasteiger partial charge in [0.05, 0.1) is 17.1 Å². The van der Waals surface area contributed by atoms with Crippen molar-refractivity contribution >= 4 is 11.8 Å². The van der Waals surface area contributed by atoms with E-state index in [4.69, 9.17) is 0 Å². The van der Waals surface area contributed by atoms with E-state index in [9.17, 15) is 9.59 Å². The number of nitrogens with one attached hydrogen (secondary N) is 1. The molecular formula is C24H28N2O2S. The number of hydrogen-bond acceptors (Lipinski definition) is 3. The van der Waals surface area contributed by atoms with Gasteiger partial charge < -0.3 is 0 Å². The molecule has 0 radical (unpaired) electrons. The summed E-state index contributed by atoms with van der Waals surface area (Å²) in [7, 11) is 0. The first-order valence-electron chi connectivity index (χ1n) is 9.84. The first-order valence-corrected chi connectivity index (χ1v) is 10.7. The highest BCUT2D eigenvalue weighted by Crippen LogP contribution is 2.33. The Morgan fingerprint density at radius 3 is 1.90 bits per heavy atom. The summed E-state index contributed by atoms with van der Waals surface area (Å²) in [5.41, 5.74) is 5.67. The highest BCUT2D eigenvalue weighted by molar-refractivity contribution is 7.99. The molecule has 0 saturated carbocycles. The Morgan fingerprint density at radius 2 is 1.38 bits per heavy atom. The lowest BCUT2D eigenvalue weighted by atomic mass is 10.1. The second-order valence-corrected chi connectivity index (χ2v) is 9.20. The van der Waals surface area contributed by atoms with Crippen LogP contribution < -0.4 is 11.2 Å². The zero-order valence-electron chi connectivity index (χ0n) is 17.9. The highest BCUT2D eigenvalue weighted by atomic mass is 32.2. The lowest BCUT2D eigenvalue weighted by Gasteiger charge is -2.18. The number of rotatable bonds is 5. The van der Waals surface area contributed by atoms with Crippen LogP contribution in [0.5, 0.6) is 0 Å². The summed E-state index contributed by atoms with van der Waals surface area (Å²) in [6, 6.07) is 12.6. The predicted molar refractivity (Wildman–Crippen MR) is 120 cm³/mol. The second kappa shape index (κ2) is 8.46. The summed E-state index contributed by atoms with van der Waals surface area (Å²) < 4.78 is 1.70. The summed E-state index contributed by atoms with van der Waals surface area (Å²) in [5.74, 6) is -0.00162. The van der Waals surface area contributed by atoms with Crippen molar-refractivity contribution < 1.29 is 0 Å². The van der Waals surface area contributed by atoms with Crippen LogP contribution in [0.1, 0.15) is 53.1 Å². The Kier molecular flexibility index (Phi) is 6.18. The van der Waals surface area contributed by atoms with E-state index in [-0.39, 0.29) is 17.2 Å². The monoisotopic (exact) mass is 408 g/mol. The third-order valence-electron chi connectivity index (χ3n) is 4.80. The third kappa shape index (κ3) is 4.91. The van der Waals surface area contributed by atoms with Crippen LogP contribution in [-0.4, -0.2) is 9.55 Å². The molecule has 29 heavy (non-hydrogen) atoms. The summed E-state index contributed by atoms with van der Waals surface area (Å²) in [6.45, 7) is 12.6. The molecule has 0 fully saturated rings. The molecule has 0 saturated heterocycles. The SMILES string of the molecule is Cc1cc(C)cc(Cn2c(Sc3cc(C)cc(C)c3)c(C(C)C)c(=O)[nH]c2=O)c1. The smallest absolute Gasteiger partial charge is 0.283 e. The van der Waals surface area contributed by atoms with Crippen LogP contribution >= 0.6 is 11.8 Å². The summed E-state index contributed by atoms with van der Waals surface area (Å²) in [6.07, 6.45) is 0. The molecule has 4 nitrogen and oxygen atoms in total. The molecule has 0 unspecified atom stereocenters. The van der Waals surface area contributed by atoms with Crippen molar-refractivity contribution in [1.29, 1.82) is 0 Å². The molecule has 5 heteroatoms. The molecule has 0 aliphatic rings. The van der Waals surface area contributed by atoms with Crippen molar-refractivity contribution in [3.05, 3.63) is 90.6 Å². The lowest BCUT2D eigenvalue weighted by Crippen LogP contribution is -2.34. The van der Waals surface area contributed by atoms with Gasteiger partial charge in [0.25, 0.3) is 5.56 Å². The number of nitrogens with zero attached hydrogens (tertiary/aromatic N) is 1. The van der Waals surface area contributed by atoms with Gasteiger partial charge in [-0.3, -0.25) is 14.3 Å². The van der Waals surface area contributed by atoms with Gasteiger partial charge in [-0.05, 0) is 62.4 Å². The van der Waals surface area contributed by atoms with Crippen LogP contribution in [-0.2, 0) is 6.54 Å². The Morgan fingerprint density at radius 1 is 0.862 bits per heavy atom. The van der Waals surface area contributed by atoms with E-state index >= 15 is 0 Å². The quantitative estimate of drug-likeness (QED) is 0.598. The van der Waals surface area contributed by atoms with E-state index in [0.717, 1.165) is 37.7 Å². The van der Waals surface area contributed by atoms with E-state index in [1.165, 1.54) is 11.8 Å². The van der Waals surface area contributed by atoms with Gasteiger partial charge in [-0.1, -0.05) is 61.0 Å². The van der Waals surface area contributed by atoms with Gasteiger partial charge in [0, 0.05) is 4.90 Å². The minimum atomic E-state index is -0.370. The standard InChI is InChI=1S/C24H28N2O2S/c1-14(2)21-22(27)25-24(28)26(13-19-9-15(3)7-16(4)10-19)23(21)29-20-11-17(5)8-18(6)12-20/h7-12,14H,13H2,1-6H3,(H,25,27,28). The maximum atomic E-state index is 12.8. The summed E-state index contributed by atoms with van der Waals surface area (Å²) in [5, 5.41) is 0.720. The van der Waals surface area contributed by atoms with Crippen LogP contribution in [0, 0.1) is 27.7 Å². The molecule has 3 aromatic rings. The van der Waals surface area contributed by atoms with E-state index < -0.39 is 0 Å². The van der Waals surface area contributed by atoms with Crippen LogP contribution in [0.15, 0.2) is 55.9 Å². The van der Waals surface area contributed by atoms with Gasteiger partial charge in [-0.2, -0.15) is 0 Å². The number of H-pyrrole nitrogens is 1. The van der Waals surface area contributed by atoms with Crippen LogP contribution in [0.25, 0.3) is 0 Å². The molecule has 0 bridgehead atoms. The topological polar surface area (TPSA) is 54.9 Å². The Bertz CT molecular complexity index is 1130. The number of aryl methyl sites for hydroxylation is 4. The minimum absolute atomic E-state index is 0.00162. The average molecular weight is 409 g/mol. The molecule has 1 aromatic heterocycles. The normalized spacial score (nSPS) is 11.3. The molecular weight excluding hydrogens is 380 g/mol. The molecule has 0 aliphatic carbocycles. The lowest BCUT2D eigenvalue weighted by molar-refractivity contribution is 0.617. The van der Waals surface area contributed by atoms with Crippen LogP contribution in [0.3, 0.4) is 0 Å². The summed E-state index contributed by atoms with van der Waals surface area (Å²) in [4.78, 5) is 29.0. The van der Waals surface area contributed by atoms with Crippen molar-refractivity contribution in [1.82, 2.24) is 9.55 Å². The molecule has 3 rings (SSSR count). The average Bonchev–Trinajstić information content (AvgIpc) is 2.56. The zero-order chi connectivity index (χ0) is 21.3. The Balaban J connectivity index is 2.20. The third-order valence-corrected chi connectivity index (χ3v) is 5.90. The zero-order valence-corrected chi connectivity index (χ0v) is 18.7. The molecule has 152 valence electrons. The van der Waals surface area contributed by atoms with Crippen LogP contribution in [0.4, 0.5) is 0 Å². The summed E-state index contributed by atoms with van der Waals surface area (Å²) >= 11 is 1.50. The number of hydrogen-bond donors (Lipinski definition) is 1.